The lowest BCUT2D eigenvalue weighted by Gasteiger charge is -2.12. The second-order valence-electron chi connectivity index (χ2n) is 4.33. The summed E-state index contributed by atoms with van der Waals surface area (Å²) in [7, 11) is 0. The molecular formula is C13H15Cl2NS2. The van der Waals surface area contributed by atoms with Gasteiger partial charge < -0.3 is 5.32 Å². The molecule has 0 aliphatic carbocycles. The van der Waals surface area contributed by atoms with E-state index >= 15 is 0 Å². The zero-order valence-corrected chi connectivity index (χ0v) is 13.7. The molecule has 0 radical (unpaired) electrons. The fraction of sp³-hybridized carbons (Fsp3) is 0.385. The molecule has 0 bridgehead atoms. The Morgan fingerprint density at radius 1 is 1.22 bits per heavy atom. The second-order valence-corrected chi connectivity index (χ2v) is 7.96. The lowest BCUT2D eigenvalue weighted by Crippen LogP contribution is -2.17. The van der Waals surface area contributed by atoms with E-state index in [9.17, 15) is 0 Å². The molecule has 18 heavy (non-hydrogen) atoms. The number of thiophene rings is 2. The molecule has 0 fully saturated rings. The Balaban J connectivity index is 2.00. The molecule has 2 aromatic rings. The average Bonchev–Trinajstić information content (AvgIpc) is 2.79. The quantitative estimate of drug-likeness (QED) is 0.775. The van der Waals surface area contributed by atoms with Crippen molar-refractivity contribution in [1.29, 1.82) is 0 Å². The van der Waals surface area contributed by atoms with Crippen LogP contribution in [0.2, 0.25) is 8.67 Å². The Hall–Kier alpha value is -0.0600. The van der Waals surface area contributed by atoms with E-state index in [0.29, 0.717) is 0 Å². The molecule has 0 spiro atoms. The Labute approximate surface area is 126 Å². The summed E-state index contributed by atoms with van der Waals surface area (Å²) in [6.07, 6.45) is 0. The van der Waals surface area contributed by atoms with Crippen molar-refractivity contribution in [3.63, 3.8) is 0 Å². The second kappa shape index (κ2) is 5.93. The van der Waals surface area contributed by atoms with E-state index < -0.39 is 0 Å². The number of halogens is 2. The highest BCUT2D eigenvalue weighted by molar-refractivity contribution is 7.20. The van der Waals surface area contributed by atoms with Crippen molar-refractivity contribution in [3.8, 4) is 0 Å². The highest BCUT2D eigenvalue weighted by Crippen LogP contribution is 2.35. The highest BCUT2D eigenvalue weighted by Gasteiger charge is 2.13. The molecule has 2 aromatic heterocycles. The molecule has 0 aliphatic rings. The van der Waals surface area contributed by atoms with Crippen molar-refractivity contribution in [3.05, 3.63) is 41.7 Å². The van der Waals surface area contributed by atoms with Gasteiger partial charge in [-0.25, -0.2) is 0 Å². The first-order valence-corrected chi connectivity index (χ1v) is 8.10. The van der Waals surface area contributed by atoms with E-state index in [2.05, 4.69) is 32.2 Å². The van der Waals surface area contributed by atoms with Crippen LogP contribution in [0.1, 0.15) is 33.8 Å². The topological polar surface area (TPSA) is 12.0 Å². The van der Waals surface area contributed by atoms with E-state index in [1.54, 1.807) is 0 Å². The van der Waals surface area contributed by atoms with Gasteiger partial charge in [0.25, 0.3) is 0 Å². The van der Waals surface area contributed by atoms with E-state index in [1.807, 2.05) is 17.4 Å². The van der Waals surface area contributed by atoms with Crippen LogP contribution in [-0.4, -0.2) is 0 Å². The molecule has 1 N–H and O–H groups in total. The molecule has 2 heterocycles. The maximum Gasteiger partial charge on any atom is 0.0991 e. The van der Waals surface area contributed by atoms with Crippen LogP contribution in [0.4, 0.5) is 0 Å². The summed E-state index contributed by atoms with van der Waals surface area (Å²) < 4.78 is 1.52. The van der Waals surface area contributed by atoms with Crippen molar-refractivity contribution < 1.29 is 0 Å². The van der Waals surface area contributed by atoms with Crippen LogP contribution < -0.4 is 5.32 Å². The monoisotopic (exact) mass is 319 g/mol. The zero-order chi connectivity index (χ0) is 13.3. The molecule has 1 atom stereocenters. The van der Waals surface area contributed by atoms with Crippen molar-refractivity contribution >= 4 is 45.9 Å². The Bertz CT molecular complexity index is 526. The van der Waals surface area contributed by atoms with Gasteiger partial charge in [0.2, 0.25) is 0 Å². The van der Waals surface area contributed by atoms with Crippen LogP contribution >= 0.6 is 45.9 Å². The number of hydrogen-bond acceptors (Lipinski definition) is 3. The number of rotatable bonds is 4. The summed E-state index contributed by atoms with van der Waals surface area (Å²) in [4.78, 5) is 2.74. The summed E-state index contributed by atoms with van der Waals surface area (Å²) >= 11 is 15.4. The van der Waals surface area contributed by atoms with Crippen molar-refractivity contribution in [2.45, 2.75) is 33.4 Å². The average molecular weight is 320 g/mol. The largest absolute Gasteiger partial charge is 0.305 e. The SMILES string of the molecule is Cc1cc(CNC(C)c2cc(Cl)sc2Cl)sc1C. The standard InChI is InChI=1S/C13H15Cl2NS2/c1-7-4-10(17-9(7)3)6-16-8(2)11-5-12(14)18-13(11)15/h4-5,8,16H,6H2,1-3H3. The number of hydrogen-bond donors (Lipinski definition) is 1. The molecule has 1 unspecified atom stereocenters. The summed E-state index contributed by atoms with van der Waals surface area (Å²) in [5.74, 6) is 0. The minimum absolute atomic E-state index is 0.212. The first-order valence-electron chi connectivity index (χ1n) is 5.71. The molecule has 0 saturated carbocycles. The number of aryl methyl sites for hydroxylation is 2. The normalized spacial score (nSPS) is 12.9. The van der Waals surface area contributed by atoms with Gasteiger partial charge in [-0.15, -0.1) is 22.7 Å². The predicted molar refractivity (Wildman–Crippen MR) is 83.4 cm³/mol. The van der Waals surface area contributed by atoms with E-state index in [1.165, 1.54) is 26.7 Å². The fourth-order valence-electron chi connectivity index (χ4n) is 1.75. The van der Waals surface area contributed by atoms with Crippen LogP contribution in [0.15, 0.2) is 12.1 Å². The maximum absolute atomic E-state index is 6.15. The van der Waals surface area contributed by atoms with Crippen LogP contribution in [0.5, 0.6) is 0 Å². The third-order valence-corrected chi connectivity index (χ3v) is 5.62. The third-order valence-electron chi connectivity index (χ3n) is 2.95. The van der Waals surface area contributed by atoms with Crippen molar-refractivity contribution in [1.82, 2.24) is 5.32 Å². The molecule has 0 aliphatic heterocycles. The van der Waals surface area contributed by atoms with Gasteiger partial charge in [0, 0.05) is 22.3 Å². The summed E-state index contributed by atoms with van der Waals surface area (Å²) in [5.41, 5.74) is 2.44. The van der Waals surface area contributed by atoms with Crippen LogP contribution in [0, 0.1) is 13.8 Å². The first kappa shape index (κ1) is 14.4. The zero-order valence-electron chi connectivity index (χ0n) is 10.5. The molecule has 1 nitrogen and oxygen atoms in total. The smallest absolute Gasteiger partial charge is 0.0991 e. The summed E-state index contributed by atoms with van der Waals surface area (Å²) in [6, 6.07) is 4.39. The Morgan fingerprint density at radius 3 is 2.44 bits per heavy atom. The molecule has 5 heteroatoms. The van der Waals surface area contributed by atoms with Gasteiger partial charge in [-0.3, -0.25) is 0 Å². The molecule has 0 saturated heterocycles. The van der Waals surface area contributed by atoms with E-state index in [0.717, 1.165) is 20.8 Å². The fourth-order valence-corrected chi connectivity index (χ4v) is 4.40. The molecule has 0 amide bonds. The Kier molecular flexibility index (Phi) is 4.73. The van der Waals surface area contributed by atoms with Gasteiger partial charge in [0.1, 0.15) is 0 Å². The minimum atomic E-state index is 0.212. The summed E-state index contributed by atoms with van der Waals surface area (Å²) in [6.45, 7) is 7.28. The van der Waals surface area contributed by atoms with Gasteiger partial charge in [0.15, 0.2) is 0 Å². The maximum atomic E-state index is 6.15. The molecule has 2 rings (SSSR count). The van der Waals surface area contributed by atoms with Gasteiger partial charge in [-0.2, -0.15) is 0 Å². The highest BCUT2D eigenvalue weighted by atomic mass is 35.5. The van der Waals surface area contributed by atoms with Gasteiger partial charge >= 0.3 is 0 Å². The van der Waals surface area contributed by atoms with Gasteiger partial charge in [0.05, 0.1) is 8.67 Å². The van der Waals surface area contributed by atoms with E-state index in [-0.39, 0.29) is 6.04 Å². The van der Waals surface area contributed by atoms with Gasteiger partial charge in [-0.1, -0.05) is 23.2 Å². The van der Waals surface area contributed by atoms with Crippen LogP contribution in [-0.2, 0) is 6.54 Å². The molecule has 98 valence electrons. The molecule has 0 aromatic carbocycles. The minimum Gasteiger partial charge on any atom is -0.305 e. The predicted octanol–water partition coefficient (Wildman–Crippen LogP) is 5.58. The van der Waals surface area contributed by atoms with Crippen LogP contribution in [0.25, 0.3) is 0 Å². The number of nitrogens with one attached hydrogen (secondary N) is 1. The van der Waals surface area contributed by atoms with E-state index in [4.69, 9.17) is 23.2 Å². The lowest BCUT2D eigenvalue weighted by atomic mass is 10.2. The van der Waals surface area contributed by atoms with Crippen molar-refractivity contribution in [2.24, 2.45) is 0 Å². The first-order chi connectivity index (χ1) is 8.47. The third kappa shape index (κ3) is 3.28. The molecular weight excluding hydrogens is 305 g/mol. The Morgan fingerprint density at radius 2 is 1.94 bits per heavy atom. The lowest BCUT2D eigenvalue weighted by molar-refractivity contribution is 0.580. The summed E-state index contributed by atoms with van der Waals surface area (Å²) in [5, 5.41) is 3.48. The van der Waals surface area contributed by atoms with Crippen molar-refractivity contribution in [2.75, 3.05) is 0 Å². The van der Waals surface area contributed by atoms with Gasteiger partial charge in [-0.05, 0) is 44.0 Å². The van der Waals surface area contributed by atoms with Crippen LogP contribution in [0.3, 0.4) is 0 Å².